The van der Waals surface area contributed by atoms with Crippen LogP contribution >= 0.6 is 15.9 Å². The summed E-state index contributed by atoms with van der Waals surface area (Å²) in [6, 6.07) is 5.94. The number of nitrogens with zero attached hydrogens (tertiary/aromatic N) is 1. The Bertz CT molecular complexity index is 352. The van der Waals surface area contributed by atoms with Crippen molar-refractivity contribution in [1.82, 2.24) is 0 Å². The van der Waals surface area contributed by atoms with E-state index in [4.69, 9.17) is 0 Å². The highest BCUT2D eigenvalue weighted by Crippen LogP contribution is 2.24. The average molecular weight is 284 g/mol. The maximum Gasteiger partial charge on any atom is 0.0702 e. The van der Waals surface area contributed by atoms with Crippen LogP contribution in [0.15, 0.2) is 35.3 Å². The molecule has 2 nitrogen and oxygen atoms in total. The van der Waals surface area contributed by atoms with Crippen molar-refractivity contribution >= 4 is 21.6 Å². The Morgan fingerprint density at radius 1 is 1.50 bits per heavy atom. The second kappa shape index (κ2) is 6.71. The summed E-state index contributed by atoms with van der Waals surface area (Å²) in [5, 5.41) is 9.27. The second-order valence-electron chi connectivity index (χ2n) is 3.78. The Hall–Kier alpha value is -0.800. The van der Waals surface area contributed by atoms with Gasteiger partial charge in [-0.1, -0.05) is 28.1 Å². The van der Waals surface area contributed by atoms with Gasteiger partial charge in [-0.05, 0) is 25.0 Å². The highest BCUT2D eigenvalue weighted by molar-refractivity contribution is 9.10. The molecule has 0 radical (unpaired) electrons. The molecule has 0 unspecified atom stereocenters. The van der Waals surface area contributed by atoms with Crippen LogP contribution in [0.1, 0.15) is 18.4 Å². The van der Waals surface area contributed by atoms with Gasteiger partial charge in [-0.15, -0.1) is 6.58 Å². The molecule has 0 aliphatic heterocycles. The Morgan fingerprint density at radius 2 is 2.25 bits per heavy atom. The van der Waals surface area contributed by atoms with E-state index in [0.29, 0.717) is 0 Å². The minimum Gasteiger partial charge on any atom is -0.392 e. The Morgan fingerprint density at radius 3 is 2.88 bits per heavy atom. The number of hydrogen-bond acceptors (Lipinski definition) is 2. The summed E-state index contributed by atoms with van der Waals surface area (Å²) in [5.74, 6) is 0. The van der Waals surface area contributed by atoms with Crippen LogP contribution in [0.5, 0.6) is 0 Å². The lowest BCUT2D eigenvalue weighted by Crippen LogP contribution is -2.19. The predicted molar refractivity (Wildman–Crippen MR) is 72.8 cm³/mol. The number of aliphatic hydroxyl groups is 1. The zero-order chi connectivity index (χ0) is 12.0. The lowest BCUT2D eigenvalue weighted by Gasteiger charge is -2.22. The smallest absolute Gasteiger partial charge is 0.0702 e. The van der Waals surface area contributed by atoms with Crippen molar-refractivity contribution in [3.63, 3.8) is 0 Å². The van der Waals surface area contributed by atoms with Crippen molar-refractivity contribution in [2.45, 2.75) is 19.4 Å². The molecular formula is C13H18BrNO. The molecule has 1 N–H and O–H groups in total. The number of halogens is 1. The van der Waals surface area contributed by atoms with E-state index < -0.39 is 0 Å². The van der Waals surface area contributed by atoms with Crippen LogP contribution in [0, 0.1) is 0 Å². The minimum atomic E-state index is 0.0778. The van der Waals surface area contributed by atoms with Crippen LogP contribution in [0.3, 0.4) is 0 Å². The summed E-state index contributed by atoms with van der Waals surface area (Å²) in [7, 11) is 2.05. The van der Waals surface area contributed by atoms with Gasteiger partial charge in [-0.2, -0.15) is 0 Å². The normalized spacial score (nSPS) is 10.2. The summed E-state index contributed by atoms with van der Waals surface area (Å²) < 4.78 is 1.04. The fourth-order valence-corrected chi connectivity index (χ4v) is 1.97. The lowest BCUT2D eigenvalue weighted by atomic mass is 10.1. The zero-order valence-corrected chi connectivity index (χ0v) is 11.2. The van der Waals surface area contributed by atoms with Crippen LogP contribution in [0.25, 0.3) is 0 Å². The van der Waals surface area contributed by atoms with Crippen molar-refractivity contribution in [2.75, 3.05) is 18.5 Å². The molecule has 1 aromatic rings. The molecule has 1 aromatic carbocycles. The molecule has 0 aliphatic rings. The van der Waals surface area contributed by atoms with Crippen molar-refractivity contribution in [3.05, 3.63) is 40.9 Å². The van der Waals surface area contributed by atoms with E-state index in [1.807, 2.05) is 31.3 Å². The van der Waals surface area contributed by atoms with Crippen molar-refractivity contribution in [1.29, 1.82) is 0 Å². The van der Waals surface area contributed by atoms with E-state index in [-0.39, 0.29) is 6.61 Å². The maximum atomic E-state index is 9.27. The van der Waals surface area contributed by atoms with Gasteiger partial charge < -0.3 is 10.0 Å². The number of unbranched alkanes of at least 4 members (excludes halogenated alkanes) is 1. The van der Waals surface area contributed by atoms with Crippen LogP contribution in [0.2, 0.25) is 0 Å². The molecule has 0 heterocycles. The molecule has 3 heteroatoms. The highest BCUT2D eigenvalue weighted by Gasteiger charge is 2.06. The molecule has 0 aliphatic carbocycles. The third kappa shape index (κ3) is 3.65. The first-order valence-electron chi connectivity index (χ1n) is 5.40. The van der Waals surface area contributed by atoms with Crippen molar-refractivity contribution in [2.24, 2.45) is 0 Å². The molecule has 16 heavy (non-hydrogen) atoms. The van der Waals surface area contributed by atoms with Crippen molar-refractivity contribution in [3.8, 4) is 0 Å². The van der Waals surface area contributed by atoms with Gasteiger partial charge in [0.05, 0.1) is 6.61 Å². The Kier molecular flexibility index (Phi) is 5.56. The van der Waals surface area contributed by atoms with E-state index in [1.54, 1.807) is 0 Å². The predicted octanol–water partition coefficient (Wildman–Crippen LogP) is 3.34. The third-order valence-electron chi connectivity index (χ3n) is 2.53. The SMILES string of the molecule is C=CCCCN(C)c1cc(Br)ccc1CO. The molecule has 0 aromatic heterocycles. The van der Waals surface area contributed by atoms with Crippen LogP contribution in [-0.4, -0.2) is 18.7 Å². The summed E-state index contributed by atoms with van der Waals surface area (Å²) in [4.78, 5) is 2.17. The first-order valence-corrected chi connectivity index (χ1v) is 6.19. The van der Waals surface area contributed by atoms with E-state index in [2.05, 4.69) is 27.4 Å². The van der Waals surface area contributed by atoms with Gasteiger partial charge >= 0.3 is 0 Å². The molecular weight excluding hydrogens is 266 g/mol. The molecule has 88 valence electrons. The topological polar surface area (TPSA) is 23.5 Å². The number of allylic oxidation sites excluding steroid dienone is 1. The number of benzene rings is 1. The summed E-state index contributed by atoms with van der Waals surface area (Å²) in [6.45, 7) is 4.76. The molecule has 0 bridgehead atoms. The van der Waals surface area contributed by atoms with E-state index in [0.717, 1.165) is 35.1 Å². The molecule has 0 saturated carbocycles. The second-order valence-corrected chi connectivity index (χ2v) is 4.70. The fourth-order valence-electron chi connectivity index (χ4n) is 1.62. The van der Waals surface area contributed by atoms with Gasteiger partial charge in [0.25, 0.3) is 0 Å². The van der Waals surface area contributed by atoms with Gasteiger partial charge in [0.1, 0.15) is 0 Å². The van der Waals surface area contributed by atoms with E-state index in [1.165, 1.54) is 0 Å². The van der Waals surface area contributed by atoms with Gasteiger partial charge in [0.15, 0.2) is 0 Å². The largest absolute Gasteiger partial charge is 0.392 e. The molecule has 1 rings (SSSR count). The number of rotatable bonds is 6. The minimum absolute atomic E-state index is 0.0778. The highest BCUT2D eigenvalue weighted by atomic mass is 79.9. The molecule has 0 atom stereocenters. The van der Waals surface area contributed by atoms with Gasteiger partial charge in [-0.25, -0.2) is 0 Å². The van der Waals surface area contributed by atoms with Crippen molar-refractivity contribution < 1.29 is 5.11 Å². The standard InChI is InChI=1S/C13H18BrNO/c1-3-4-5-8-15(2)13-9-12(14)7-6-11(13)10-16/h3,6-7,9,16H,1,4-5,8,10H2,2H3. The van der Waals surface area contributed by atoms with Gasteiger partial charge in [0, 0.05) is 29.3 Å². The summed E-state index contributed by atoms with van der Waals surface area (Å²) in [6.07, 6.45) is 4.03. The average Bonchev–Trinajstić information content (AvgIpc) is 2.29. The van der Waals surface area contributed by atoms with E-state index >= 15 is 0 Å². The zero-order valence-electron chi connectivity index (χ0n) is 9.62. The molecule has 0 saturated heterocycles. The van der Waals surface area contributed by atoms with Crippen LogP contribution < -0.4 is 4.90 Å². The van der Waals surface area contributed by atoms with E-state index in [9.17, 15) is 5.11 Å². The van der Waals surface area contributed by atoms with Crippen LogP contribution in [-0.2, 0) is 6.61 Å². The quantitative estimate of drug-likeness (QED) is 0.639. The number of anilines is 1. The summed E-state index contributed by atoms with van der Waals surface area (Å²) >= 11 is 3.45. The fraction of sp³-hybridized carbons (Fsp3) is 0.385. The third-order valence-corrected chi connectivity index (χ3v) is 3.02. The van der Waals surface area contributed by atoms with Gasteiger partial charge in [-0.3, -0.25) is 0 Å². The first kappa shape index (κ1) is 13.3. The summed E-state index contributed by atoms with van der Waals surface area (Å²) in [5.41, 5.74) is 2.05. The molecule has 0 fully saturated rings. The molecule has 0 spiro atoms. The molecule has 0 amide bonds. The number of aliphatic hydroxyl groups excluding tert-OH is 1. The maximum absolute atomic E-state index is 9.27. The first-order chi connectivity index (χ1) is 7.69. The number of hydrogen-bond donors (Lipinski definition) is 1. The monoisotopic (exact) mass is 283 g/mol. The Balaban J connectivity index is 2.75. The van der Waals surface area contributed by atoms with Gasteiger partial charge in [0.2, 0.25) is 0 Å². The van der Waals surface area contributed by atoms with Crippen LogP contribution in [0.4, 0.5) is 5.69 Å². The Labute approximate surface area is 106 Å². The lowest BCUT2D eigenvalue weighted by molar-refractivity contribution is 0.282.